The third-order valence-electron chi connectivity index (χ3n) is 0.614. The van der Waals surface area contributed by atoms with E-state index in [-0.39, 0.29) is 0 Å². The highest BCUT2D eigenvalue weighted by atomic mass is 16.6. The van der Waals surface area contributed by atoms with Crippen LogP contribution in [0.25, 0.3) is 0 Å². The number of hydroxylamine groups is 1. The number of carboxylic acids is 1. The molecule has 11 heavy (non-hydrogen) atoms. The number of carbonyl (C=O) groups excluding carboxylic acids is 2. The standard InChI is InChI=1S/C4H5NO6/c6-2(7)1-11-4(9)3(8)5-10/h10H,1H2,(H,5,8)(H,6,7). The van der Waals surface area contributed by atoms with Gasteiger partial charge in [0.2, 0.25) is 0 Å². The molecule has 62 valence electrons. The number of amides is 1. The number of esters is 1. The zero-order valence-electron chi connectivity index (χ0n) is 5.23. The van der Waals surface area contributed by atoms with Crippen molar-refractivity contribution in [3.63, 3.8) is 0 Å². The minimum absolute atomic E-state index is 0.910. The first-order valence-corrected chi connectivity index (χ1v) is 2.41. The van der Waals surface area contributed by atoms with E-state index in [0.717, 1.165) is 5.48 Å². The molecule has 0 aromatic heterocycles. The van der Waals surface area contributed by atoms with Crippen LogP contribution in [-0.4, -0.2) is 34.8 Å². The van der Waals surface area contributed by atoms with Crippen LogP contribution in [0.4, 0.5) is 0 Å². The van der Waals surface area contributed by atoms with Gasteiger partial charge >= 0.3 is 17.8 Å². The summed E-state index contributed by atoms with van der Waals surface area (Å²) in [5.41, 5.74) is 0.982. The molecule has 7 nitrogen and oxygen atoms in total. The van der Waals surface area contributed by atoms with Crippen LogP contribution in [0.2, 0.25) is 0 Å². The highest BCUT2D eigenvalue weighted by Crippen LogP contribution is 1.77. The lowest BCUT2D eigenvalue weighted by molar-refractivity contribution is -0.163. The Kier molecular flexibility index (Phi) is 3.60. The molecule has 7 heteroatoms. The fraction of sp³-hybridized carbons (Fsp3) is 0.250. The SMILES string of the molecule is O=C(O)COC(=O)C(=O)NO. The second kappa shape index (κ2) is 4.23. The van der Waals surface area contributed by atoms with Crippen molar-refractivity contribution in [1.82, 2.24) is 5.48 Å². The van der Waals surface area contributed by atoms with Gasteiger partial charge in [0.25, 0.3) is 0 Å². The Balaban J connectivity index is 3.70. The van der Waals surface area contributed by atoms with Crippen molar-refractivity contribution >= 4 is 17.8 Å². The molecule has 0 heterocycles. The van der Waals surface area contributed by atoms with E-state index in [9.17, 15) is 14.4 Å². The molecule has 0 fully saturated rings. The molecule has 0 aliphatic carbocycles. The van der Waals surface area contributed by atoms with Crippen molar-refractivity contribution < 1.29 is 29.4 Å². The van der Waals surface area contributed by atoms with Gasteiger partial charge in [0.05, 0.1) is 0 Å². The Hall–Kier alpha value is -1.63. The van der Waals surface area contributed by atoms with E-state index in [0.29, 0.717) is 0 Å². The van der Waals surface area contributed by atoms with Gasteiger partial charge in [-0.25, -0.2) is 15.1 Å². The third kappa shape index (κ3) is 3.87. The summed E-state index contributed by atoms with van der Waals surface area (Å²) < 4.78 is 3.85. The minimum Gasteiger partial charge on any atom is -0.479 e. The number of carbonyl (C=O) groups is 3. The monoisotopic (exact) mass is 163 g/mol. The molecular formula is C4H5NO6. The number of carboxylic acid groups (broad SMARTS) is 1. The van der Waals surface area contributed by atoms with Gasteiger partial charge in [-0.2, -0.15) is 0 Å². The summed E-state index contributed by atoms with van der Waals surface area (Å²) in [4.78, 5) is 30.1. The predicted octanol–water partition coefficient (Wildman–Crippen LogP) is -1.88. The van der Waals surface area contributed by atoms with E-state index < -0.39 is 24.5 Å². The first kappa shape index (κ1) is 9.37. The largest absolute Gasteiger partial charge is 0.479 e. The van der Waals surface area contributed by atoms with Crippen LogP contribution in [0.3, 0.4) is 0 Å². The Morgan fingerprint density at radius 3 is 2.27 bits per heavy atom. The van der Waals surface area contributed by atoms with Crippen LogP contribution in [0.5, 0.6) is 0 Å². The maximum atomic E-state index is 10.2. The van der Waals surface area contributed by atoms with Crippen molar-refractivity contribution in [2.75, 3.05) is 6.61 Å². The Morgan fingerprint density at radius 1 is 1.36 bits per heavy atom. The summed E-state index contributed by atoms with van der Waals surface area (Å²) in [6.07, 6.45) is 0. The summed E-state index contributed by atoms with van der Waals surface area (Å²) in [6, 6.07) is 0. The molecule has 0 aromatic rings. The van der Waals surface area contributed by atoms with E-state index in [2.05, 4.69) is 4.74 Å². The molecule has 0 rings (SSSR count). The van der Waals surface area contributed by atoms with Gasteiger partial charge in [-0.1, -0.05) is 0 Å². The summed E-state index contributed by atoms with van der Waals surface area (Å²) >= 11 is 0. The van der Waals surface area contributed by atoms with Gasteiger partial charge in [-0.15, -0.1) is 0 Å². The zero-order valence-corrected chi connectivity index (χ0v) is 5.23. The average Bonchev–Trinajstić information content (AvgIpc) is 1.98. The van der Waals surface area contributed by atoms with Crippen molar-refractivity contribution in [1.29, 1.82) is 0 Å². The number of rotatable bonds is 2. The zero-order chi connectivity index (χ0) is 8.85. The highest BCUT2D eigenvalue weighted by Gasteiger charge is 2.14. The van der Waals surface area contributed by atoms with Crippen molar-refractivity contribution in [3.05, 3.63) is 0 Å². The summed E-state index contributed by atoms with van der Waals surface area (Å²) in [5, 5.41) is 15.8. The van der Waals surface area contributed by atoms with Gasteiger partial charge in [-0.3, -0.25) is 10.0 Å². The normalized spacial score (nSPS) is 8.45. The number of ether oxygens (including phenoxy) is 1. The topological polar surface area (TPSA) is 113 Å². The molecule has 0 spiro atoms. The fourth-order valence-electron chi connectivity index (χ4n) is 0.238. The molecule has 3 N–H and O–H groups in total. The molecule has 0 radical (unpaired) electrons. The van der Waals surface area contributed by atoms with E-state index in [1.165, 1.54) is 0 Å². The highest BCUT2D eigenvalue weighted by molar-refractivity contribution is 6.32. The van der Waals surface area contributed by atoms with Crippen LogP contribution in [0.1, 0.15) is 0 Å². The van der Waals surface area contributed by atoms with Gasteiger partial charge in [0, 0.05) is 0 Å². The van der Waals surface area contributed by atoms with Gasteiger partial charge in [0.1, 0.15) is 0 Å². The van der Waals surface area contributed by atoms with E-state index in [1.807, 2.05) is 0 Å². The van der Waals surface area contributed by atoms with Crippen LogP contribution in [0.15, 0.2) is 0 Å². The lowest BCUT2D eigenvalue weighted by atomic mass is 10.6. The van der Waals surface area contributed by atoms with Crippen LogP contribution in [-0.2, 0) is 19.1 Å². The van der Waals surface area contributed by atoms with Gasteiger partial charge in [0.15, 0.2) is 6.61 Å². The quantitative estimate of drug-likeness (QED) is 0.190. The summed E-state index contributed by atoms with van der Waals surface area (Å²) in [6.45, 7) is -0.910. The Bertz CT molecular complexity index is 187. The minimum atomic E-state index is -1.45. The number of hydrogen-bond acceptors (Lipinski definition) is 5. The maximum Gasteiger partial charge on any atom is 0.399 e. The first-order chi connectivity index (χ1) is 5.07. The Morgan fingerprint density at radius 2 is 1.91 bits per heavy atom. The number of hydrogen-bond donors (Lipinski definition) is 3. The van der Waals surface area contributed by atoms with E-state index in [4.69, 9.17) is 10.3 Å². The average molecular weight is 163 g/mol. The molecular weight excluding hydrogens is 158 g/mol. The Labute approximate surface area is 60.5 Å². The molecule has 0 bridgehead atoms. The molecule has 0 saturated heterocycles. The first-order valence-electron chi connectivity index (χ1n) is 2.41. The number of nitrogens with one attached hydrogen (secondary N) is 1. The second-order valence-electron chi connectivity index (χ2n) is 1.41. The smallest absolute Gasteiger partial charge is 0.399 e. The molecule has 1 amide bonds. The van der Waals surface area contributed by atoms with Crippen LogP contribution >= 0.6 is 0 Å². The number of aliphatic carboxylic acids is 1. The van der Waals surface area contributed by atoms with Crippen LogP contribution in [0, 0.1) is 0 Å². The van der Waals surface area contributed by atoms with Crippen molar-refractivity contribution in [2.24, 2.45) is 0 Å². The van der Waals surface area contributed by atoms with Gasteiger partial charge in [-0.05, 0) is 0 Å². The summed E-state index contributed by atoms with van der Waals surface area (Å²) in [5.74, 6) is -4.25. The lowest BCUT2D eigenvalue weighted by Crippen LogP contribution is -2.31. The predicted molar refractivity (Wildman–Crippen MR) is 28.5 cm³/mol. The molecule has 0 saturated carbocycles. The molecule has 0 unspecified atom stereocenters. The molecule has 0 aliphatic rings. The molecule has 0 aliphatic heterocycles. The maximum absolute atomic E-state index is 10.2. The van der Waals surface area contributed by atoms with E-state index in [1.54, 1.807) is 0 Å². The van der Waals surface area contributed by atoms with Crippen LogP contribution < -0.4 is 5.48 Å². The fourth-order valence-corrected chi connectivity index (χ4v) is 0.238. The summed E-state index contributed by atoms with van der Waals surface area (Å²) in [7, 11) is 0. The molecule has 0 aromatic carbocycles. The van der Waals surface area contributed by atoms with Gasteiger partial charge < -0.3 is 9.84 Å². The third-order valence-corrected chi connectivity index (χ3v) is 0.614. The van der Waals surface area contributed by atoms with E-state index >= 15 is 0 Å². The molecule has 0 atom stereocenters. The van der Waals surface area contributed by atoms with Crippen molar-refractivity contribution in [2.45, 2.75) is 0 Å². The lowest BCUT2D eigenvalue weighted by Gasteiger charge is -1.97. The van der Waals surface area contributed by atoms with Crippen molar-refractivity contribution in [3.8, 4) is 0 Å². The second-order valence-corrected chi connectivity index (χ2v) is 1.41.